The molecule has 3 rings (SSSR count). The fourth-order valence-electron chi connectivity index (χ4n) is 2.50. The lowest BCUT2D eigenvalue weighted by molar-refractivity contribution is -0.142. The Morgan fingerprint density at radius 1 is 1.19 bits per heavy atom. The first-order chi connectivity index (χ1) is 15.3. The lowest BCUT2D eigenvalue weighted by atomic mass is 10.2. The molecule has 11 heteroatoms. The molecule has 32 heavy (non-hydrogen) atoms. The van der Waals surface area contributed by atoms with E-state index in [0.717, 1.165) is 11.8 Å². The third kappa shape index (κ3) is 5.90. The largest absolute Gasteiger partial charge is 0.493 e. The minimum Gasteiger partial charge on any atom is -0.493 e. The first kappa shape index (κ1) is 23.8. The van der Waals surface area contributed by atoms with E-state index in [0.29, 0.717) is 37.0 Å². The number of aliphatic imine (C=N–C) groups is 1. The third-order valence-corrected chi connectivity index (χ3v) is 5.94. The zero-order chi connectivity index (χ0) is 23.3. The molecule has 0 unspecified atom stereocenters. The molecule has 2 amide bonds. The normalized spacial score (nSPS) is 15.6. The average Bonchev–Trinajstić information content (AvgIpc) is 3.12. The Balaban J connectivity index is 1.80. The molecule has 0 aliphatic carbocycles. The molecular weight excluding hydrogens is 524 g/mol. The summed E-state index contributed by atoms with van der Waals surface area (Å²) in [5, 5.41) is 3.25. The molecule has 0 atom stereocenters. The molecule has 0 radical (unpaired) electrons. The van der Waals surface area contributed by atoms with Crippen molar-refractivity contribution < 1.29 is 28.6 Å². The highest BCUT2D eigenvalue weighted by Gasteiger charge is 2.25. The number of hydrogen-bond acceptors (Lipinski definition) is 7. The first-order valence-electron chi connectivity index (χ1n) is 8.97. The van der Waals surface area contributed by atoms with Crippen LogP contribution >= 0.6 is 39.3 Å². The molecule has 1 N–H and O–H groups in total. The number of ether oxygens (including phenoxy) is 3. The molecule has 0 spiro atoms. The van der Waals surface area contributed by atoms with Crippen LogP contribution in [0, 0.1) is 0 Å². The van der Waals surface area contributed by atoms with Gasteiger partial charge in [0.2, 0.25) is 0 Å². The van der Waals surface area contributed by atoms with Crippen LogP contribution in [0.5, 0.6) is 11.5 Å². The minimum absolute atomic E-state index is 0.169. The molecule has 166 valence electrons. The summed E-state index contributed by atoms with van der Waals surface area (Å²) in [6.45, 7) is -0.278. The number of rotatable bonds is 6. The topological polar surface area (TPSA) is 103 Å². The van der Waals surface area contributed by atoms with Crippen molar-refractivity contribution in [1.29, 1.82) is 0 Å². The molecule has 0 saturated carbocycles. The number of esters is 1. The summed E-state index contributed by atoms with van der Waals surface area (Å²) in [5.41, 5.74) is 0.972. The maximum Gasteiger partial charge on any atom is 0.343 e. The summed E-state index contributed by atoms with van der Waals surface area (Å²) in [5.74, 6) is -0.742. The lowest BCUT2D eigenvalue weighted by Gasteiger charge is -2.12. The van der Waals surface area contributed by atoms with Crippen LogP contribution in [0.1, 0.15) is 15.9 Å². The van der Waals surface area contributed by atoms with Crippen molar-refractivity contribution >= 4 is 68.3 Å². The van der Waals surface area contributed by atoms with Crippen LogP contribution in [0.2, 0.25) is 5.02 Å². The Kier molecular flexibility index (Phi) is 7.94. The lowest BCUT2D eigenvalue weighted by Crippen LogP contribution is -2.20. The van der Waals surface area contributed by atoms with E-state index < -0.39 is 17.8 Å². The van der Waals surface area contributed by atoms with E-state index in [1.54, 1.807) is 42.5 Å². The van der Waals surface area contributed by atoms with E-state index in [2.05, 4.69) is 31.0 Å². The molecule has 1 saturated heterocycles. The van der Waals surface area contributed by atoms with E-state index >= 15 is 0 Å². The van der Waals surface area contributed by atoms with Crippen LogP contribution in [-0.2, 0) is 14.3 Å². The van der Waals surface area contributed by atoms with Crippen molar-refractivity contribution in [3.05, 3.63) is 61.9 Å². The molecule has 1 fully saturated rings. The second-order valence-electron chi connectivity index (χ2n) is 6.18. The van der Waals surface area contributed by atoms with Crippen molar-refractivity contribution in [2.24, 2.45) is 4.99 Å². The highest BCUT2D eigenvalue weighted by atomic mass is 79.9. The predicted molar refractivity (Wildman–Crippen MR) is 125 cm³/mol. The molecule has 2 aromatic carbocycles. The highest BCUT2D eigenvalue weighted by Crippen LogP contribution is 2.36. The number of benzene rings is 2. The van der Waals surface area contributed by atoms with Crippen molar-refractivity contribution in [2.45, 2.75) is 0 Å². The van der Waals surface area contributed by atoms with Crippen LogP contribution in [0.25, 0.3) is 6.08 Å². The van der Waals surface area contributed by atoms with Crippen molar-refractivity contribution in [1.82, 2.24) is 5.32 Å². The van der Waals surface area contributed by atoms with Crippen LogP contribution in [-0.4, -0.2) is 43.8 Å². The van der Waals surface area contributed by atoms with Gasteiger partial charge in [0.15, 0.2) is 23.3 Å². The quantitative estimate of drug-likeness (QED) is 0.436. The van der Waals surface area contributed by atoms with E-state index in [-0.39, 0.29) is 11.8 Å². The number of nitrogens with one attached hydrogen (secondary N) is 1. The SMILES string of the molecule is COC(=O)COc1cc(Br)c(/C=C2\SC(=NC(=O)c3ccc(Cl)cc3)NC2=O)cc1OC. The Bertz CT molecular complexity index is 1130. The Hall–Kier alpha value is -2.82. The number of hydrogen-bond donors (Lipinski definition) is 1. The maximum absolute atomic E-state index is 12.4. The van der Waals surface area contributed by atoms with Gasteiger partial charge < -0.3 is 19.5 Å². The summed E-state index contributed by atoms with van der Waals surface area (Å²) >= 11 is 10.3. The number of carbonyl (C=O) groups excluding carboxylic acids is 3. The van der Waals surface area contributed by atoms with Gasteiger partial charge in [-0.2, -0.15) is 4.99 Å². The standard InChI is InChI=1S/C21H16BrClN2O6S/c1-29-15-7-12(14(22)9-16(15)31-10-18(26)30-2)8-17-20(28)25-21(32-17)24-19(27)11-3-5-13(23)6-4-11/h3-9H,10H2,1-2H3,(H,24,25,27,28)/b17-8-. The van der Waals surface area contributed by atoms with E-state index in [1.807, 2.05) is 0 Å². The smallest absolute Gasteiger partial charge is 0.343 e. The van der Waals surface area contributed by atoms with Gasteiger partial charge in [-0.3, -0.25) is 9.59 Å². The van der Waals surface area contributed by atoms with Gasteiger partial charge in [0.1, 0.15) is 0 Å². The summed E-state index contributed by atoms with van der Waals surface area (Å²) in [6, 6.07) is 9.55. The van der Waals surface area contributed by atoms with Gasteiger partial charge in [0.05, 0.1) is 19.1 Å². The Morgan fingerprint density at radius 3 is 2.56 bits per heavy atom. The van der Waals surface area contributed by atoms with Gasteiger partial charge in [0, 0.05) is 15.1 Å². The number of amides is 2. The van der Waals surface area contributed by atoms with Crippen LogP contribution in [0.15, 0.2) is 50.8 Å². The fraction of sp³-hybridized carbons (Fsp3) is 0.143. The molecule has 8 nitrogen and oxygen atoms in total. The first-order valence-corrected chi connectivity index (χ1v) is 11.0. The zero-order valence-electron chi connectivity index (χ0n) is 16.8. The van der Waals surface area contributed by atoms with Crippen LogP contribution in [0.4, 0.5) is 0 Å². The van der Waals surface area contributed by atoms with Crippen LogP contribution < -0.4 is 14.8 Å². The number of thioether (sulfide) groups is 1. The summed E-state index contributed by atoms with van der Waals surface area (Å²) in [6.07, 6.45) is 1.62. The van der Waals surface area contributed by atoms with Crippen molar-refractivity contribution in [3.8, 4) is 11.5 Å². The molecular formula is C21H16BrClN2O6S. The summed E-state index contributed by atoms with van der Waals surface area (Å²) in [4.78, 5) is 40.3. The molecule has 1 heterocycles. The van der Waals surface area contributed by atoms with E-state index in [9.17, 15) is 14.4 Å². The highest BCUT2D eigenvalue weighted by molar-refractivity contribution is 9.10. The Morgan fingerprint density at radius 2 is 1.91 bits per heavy atom. The second-order valence-corrected chi connectivity index (χ2v) is 8.50. The van der Waals surface area contributed by atoms with Gasteiger partial charge >= 0.3 is 5.97 Å². The number of halogens is 2. The van der Waals surface area contributed by atoms with Gasteiger partial charge in [0.25, 0.3) is 11.8 Å². The van der Waals surface area contributed by atoms with Crippen LogP contribution in [0.3, 0.4) is 0 Å². The fourth-order valence-corrected chi connectivity index (χ4v) is 3.87. The van der Waals surface area contributed by atoms with Gasteiger partial charge in [-0.25, -0.2) is 4.79 Å². The van der Waals surface area contributed by atoms with E-state index in [4.69, 9.17) is 21.1 Å². The molecule has 1 aliphatic heterocycles. The Labute approximate surface area is 201 Å². The molecule has 1 aliphatic rings. The maximum atomic E-state index is 12.4. The number of amidine groups is 1. The van der Waals surface area contributed by atoms with Crippen molar-refractivity contribution in [3.63, 3.8) is 0 Å². The van der Waals surface area contributed by atoms with Gasteiger partial charge in [-0.15, -0.1) is 0 Å². The molecule has 2 aromatic rings. The van der Waals surface area contributed by atoms with Crippen molar-refractivity contribution in [2.75, 3.05) is 20.8 Å². The average molecular weight is 540 g/mol. The third-order valence-electron chi connectivity index (χ3n) is 4.09. The monoisotopic (exact) mass is 538 g/mol. The summed E-state index contributed by atoms with van der Waals surface area (Å²) in [7, 11) is 2.72. The number of carbonyl (C=O) groups is 3. The number of methoxy groups -OCH3 is 2. The molecule has 0 bridgehead atoms. The van der Waals surface area contributed by atoms with Gasteiger partial charge in [-0.1, -0.05) is 27.5 Å². The predicted octanol–water partition coefficient (Wildman–Crippen LogP) is 4.06. The number of nitrogens with zero attached hydrogens (tertiary/aromatic N) is 1. The second kappa shape index (κ2) is 10.7. The van der Waals surface area contributed by atoms with Gasteiger partial charge in [-0.05, 0) is 59.8 Å². The zero-order valence-corrected chi connectivity index (χ0v) is 20.0. The minimum atomic E-state index is -0.534. The summed E-state index contributed by atoms with van der Waals surface area (Å²) < 4.78 is 15.9. The van der Waals surface area contributed by atoms with E-state index in [1.165, 1.54) is 14.2 Å². The molecule has 0 aromatic heterocycles.